The van der Waals surface area contributed by atoms with Crippen LogP contribution in [0.1, 0.15) is 53.4 Å². The molecule has 0 aliphatic carbocycles. The van der Waals surface area contributed by atoms with Gasteiger partial charge >= 0.3 is 0 Å². The Bertz CT molecular complexity index is 346. The van der Waals surface area contributed by atoms with E-state index in [1.54, 1.807) is 0 Å². The van der Waals surface area contributed by atoms with Crippen LogP contribution in [-0.4, -0.2) is 60.9 Å². The Morgan fingerprint density at radius 2 is 1.77 bits per heavy atom. The predicted molar refractivity (Wildman–Crippen MR) is 86.9 cm³/mol. The van der Waals surface area contributed by atoms with Crippen LogP contribution in [0.3, 0.4) is 0 Å². The molecule has 2 bridgehead atoms. The third-order valence-electron chi connectivity index (χ3n) is 4.50. The fourth-order valence-corrected chi connectivity index (χ4v) is 3.65. The van der Waals surface area contributed by atoms with Gasteiger partial charge in [-0.15, -0.1) is 0 Å². The molecule has 0 saturated carbocycles. The monoisotopic (exact) mass is 312 g/mol. The van der Waals surface area contributed by atoms with Crippen molar-refractivity contribution >= 4 is 5.91 Å². The van der Waals surface area contributed by atoms with Gasteiger partial charge < -0.3 is 14.8 Å². The maximum Gasteiger partial charge on any atom is 0.234 e. The van der Waals surface area contributed by atoms with E-state index in [1.807, 2.05) is 27.7 Å². The summed E-state index contributed by atoms with van der Waals surface area (Å²) in [7, 11) is 0. The van der Waals surface area contributed by atoms with Gasteiger partial charge in [0.2, 0.25) is 5.91 Å². The maximum absolute atomic E-state index is 12.0. The van der Waals surface area contributed by atoms with E-state index in [-0.39, 0.29) is 18.1 Å². The molecule has 0 aromatic rings. The second-order valence-corrected chi connectivity index (χ2v) is 7.16. The van der Waals surface area contributed by atoms with Crippen molar-refractivity contribution in [2.45, 2.75) is 83.7 Å². The van der Waals surface area contributed by atoms with Gasteiger partial charge in [-0.1, -0.05) is 0 Å². The second kappa shape index (κ2) is 8.27. The summed E-state index contributed by atoms with van der Waals surface area (Å²) in [5.74, 6) is 0.150. The Morgan fingerprint density at radius 1 is 1.14 bits per heavy atom. The van der Waals surface area contributed by atoms with Crippen molar-refractivity contribution in [3.8, 4) is 0 Å². The van der Waals surface area contributed by atoms with Crippen molar-refractivity contribution in [1.29, 1.82) is 0 Å². The number of carbonyl (C=O) groups excluding carboxylic acids is 1. The summed E-state index contributed by atoms with van der Waals surface area (Å²) in [6, 6.07) is 1.23. The topological polar surface area (TPSA) is 50.8 Å². The normalized spacial score (nSPS) is 28.5. The van der Waals surface area contributed by atoms with E-state index in [9.17, 15) is 4.79 Å². The van der Waals surface area contributed by atoms with Crippen LogP contribution in [-0.2, 0) is 14.3 Å². The molecule has 0 aromatic heterocycles. The number of rotatable bonds is 8. The first-order valence-electron chi connectivity index (χ1n) is 8.74. The summed E-state index contributed by atoms with van der Waals surface area (Å²) in [4.78, 5) is 14.4. The number of nitrogens with one attached hydrogen (secondary N) is 1. The highest BCUT2D eigenvalue weighted by atomic mass is 16.5. The molecule has 2 aliphatic rings. The molecule has 0 spiro atoms. The lowest BCUT2D eigenvalue weighted by atomic mass is 9.99. The van der Waals surface area contributed by atoms with Crippen LogP contribution >= 0.6 is 0 Å². The highest BCUT2D eigenvalue weighted by molar-refractivity contribution is 5.78. The van der Waals surface area contributed by atoms with Gasteiger partial charge in [-0.3, -0.25) is 9.69 Å². The Morgan fingerprint density at radius 3 is 2.32 bits per heavy atom. The standard InChI is InChI=1S/C17H32N2O3/c1-12(2)18-17(20)11-19-14-5-6-15(19)10-16(9-14)22-8-7-21-13(3)4/h12-16H,5-11H2,1-4H3,(H,18,20)/t14-,15+,16-. The molecule has 5 heteroatoms. The van der Waals surface area contributed by atoms with Gasteiger partial charge in [0.05, 0.1) is 32.0 Å². The van der Waals surface area contributed by atoms with Crippen molar-refractivity contribution in [2.24, 2.45) is 0 Å². The van der Waals surface area contributed by atoms with Gasteiger partial charge in [-0.25, -0.2) is 0 Å². The minimum atomic E-state index is 0.150. The van der Waals surface area contributed by atoms with Crippen LogP contribution in [0.4, 0.5) is 0 Å². The molecule has 22 heavy (non-hydrogen) atoms. The summed E-state index contributed by atoms with van der Waals surface area (Å²) in [6.07, 6.45) is 5.09. The number of amides is 1. The summed E-state index contributed by atoms with van der Waals surface area (Å²) >= 11 is 0. The van der Waals surface area contributed by atoms with Gasteiger partial charge in [0.25, 0.3) is 0 Å². The predicted octanol–water partition coefficient (Wildman–Crippen LogP) is 1.95. The van der Waals surface area contributed by atoms with Gasteiger partial charge in [-0.05, 0) is 53.4 Å². The average Bonchev–Trinajstić information content (AvgIpc) is 2.66. The molecule has 2 aliphatic heterocycles. The van der Waals surface area contributed by atoms with Crippen LogP contribution in [0.5, 0.6) is 0 Å². The lowest BCUT2D eigenvalue weighted by Crippen LogP contribution is -2.50. The van der Waals surface area contributed by atoms with Crippen LogP contribution in [0.25, 0.3) is 0 Å². The molecule has 5 nitrogen and oxygen atoms in total. The van der Waals surface area contributed by atoms with Gasteiger partial charge in [0.1, 0.15) is 0 Å². The molecule has 2 rings (SSSR count). The van der Waals surface area contributed by atoms with Gasteiger partial charge in [0, 0.05) is 18.1 Å². The zero-order valence-electron chi connectivity index (χ0n) is 14.5. The lowest BCUT2D eigenvalue weighted by molar-refractivity contribution is -0.125. The lowest BCUT2D eigenvalue weighted by Gasteiger charge is -2.38. The van der Waals surface area contributed by atoms with E-state index in [1.165, 1.54) is 12.8 Å². The zero-order valence-corrected chi connectivity index (χ0v) is 14.5. The number of fused-ring (bicyclic) bond motifs is 2. The molecular formula is C17H32N2O3. The Balaban J connectivity index is 1.73. The van der Waals surface area contributed by atoms with Crippen molar-refractivity contribution in [2.75, 3.05) is 19.8 Å². The number of hydrogen-bond acceptors (Lipinski definition) is 4. The van der Waals surface area contributed by atoms with E-state index in [0.29, 0.717) is 37.9 Å². The number of piperidine rings is 1. The highest BCUT2D eigenvalue weighted by Crippen LogP contribution is 2.36. The third kappa shape index (κ3) is 5.21. The number of carbonyl (C=O) groups is 1. The molecule has 1 amide bonds. The molecular weight excluding hydrogens is 280 g/mol. The first kappa shape index (κ1) is 17.7. The zero-order chi connectivity index (χ0) is 16.1. The number of hydrogen-bond donors (Lipinski definition) is 1. The number of nitrogens with zero attached hydrogens (tertiary/aromatic N) is 1. The molecule has 2 fully saturated rings. The molecule has 2 heterocycles. The smallest absolute Gasteiger partial charge is 0.234 e. The fourth-order valence-electron chi connectivity index (χ4n) is 3.65. The minimum absolute atomic E-state index is 0.150. The first-order valence-corrected chi connectivity index (χ1v) is 8.74. The van der Waals surface area contributed by atoms with Crippen molar-refractivity contribution in [3.63, 3.8) is 0 Å². The molecule has 0 unspecified atom stereocenters. The SMILES string of the molecule is CC(C)NC(=O)CN1[C@@H]2CC[C@H]1C[C@H](OCCOC(C)C)C2. The summed E-state index contributed by atoms with van der Waals surface area (Å²) in [5.41, 5.74) is 0. The quantitative estimate of drug-likeness (QED) is 0.696. The summed E-state index contributed by atoms with van der Waals surface area (Å²) in [5, 5.41) is 2.99. The van der Waals surface area contributed by atoms with Crippen LogP contribution in [0.2, 0.25) is 0 Å². The van der Waals surface area contributed by atoms with E-state index in [4.69, 9.17) is 9.47 Å². The van der Waals surface area contributed by atoms with Crippen LogP contribution in [0.15, 0.2) is 0 Å². The Hall–Kier alpha value is -0.650. The average molecular weight is 312 g/mol. The molecule has 0 aromatic carbocycles. The first-order chi connectivity index (χ1) is 10.5. The van der Waals surface area contributed by atoms with E-state index in [2.05, 4.69) is 10.2 Å². The van der Waals surface area contributed by atoms with Crippen molar-refractivity contribution < 1.29 is 14.3 Å². The Labute approximate surface area is 134 Å². The van der Waals surface area contributed by atoms with E-state index in [0.717, 1.165) is 12.8 Å². The van der Waals surface area contributed by atoms with Gasteiger partial charge in [0.15, 0.2) is 0 Å². The fraction of sp³-hybridized carbons (Fsp3) is 0.941. The Kier molecular flexibility index (Phi) is 6.66. The molecule has 3 atom stereocenters. The largest absolute Gasteiger partial charge is 0.376 e. The highest BCUT2D eigenvalue weighted by Gasteiger charge is 2.41. The van der Waals surface area contributed by atoms with Gasteiger partial charge in [-0.2, -0.15) is 0 Å². The van der Waals surface area contributed by atoms with Crippen LogP contribution in [0, 0.1) is 0 Å². The maximum atomic E-state index is 12.0. The molecule has 2 saturated heterocycles. The number of ether oxygens (including phenoxy) is 2. The van der Waals surface area contributed by atoms with Crippen molar-refractivity contribution in [3.05, 3.63) is 0 Å². The van der Waals surface area contributed by atoms with Crippen LogP contribution < -0.4 is 5.32 Å². The third-order valence-corrected chi connectivity index (χ3v) is 4.50. The van der Waals surface area contributed by atoms with E-state index >= 15 is 0 Å². The molecule has 128 valence electrons. The second-order valence-electron chi connectivity index (χ2n) is 7.16. The minimum Gasteiger partial charge on any atom is -0.376 e. The summed E-state index contributed by atoms with van der Waals surface area (Å²) in [6.45, 7) is 9.98. The summed E-state index contributed by atoms with van der Waals surface area (Å²) < 4.78 is 11.5. The van der Waals surface area contributed by atoms with E-state index < -0.39 is 0 Å². The molecule has 1 N–H and O–H groups in total. The molecule has 0 radical (unpaired) electrons. The van der Waals surface area contributed by atoms with Crippen molar-refractivity contribution in [1.82, 2.24) is 10.2 Å².